The average molecular weight is 665 g/mol. The number of aliphatic hydroxyl groups is 4. The van der Waals surface area contributed by atoms with Crippen LogP contribution in [0, 0.1) is 45.3 Å². The zero-order valence-electron chi connectivity index (χ0n) is 29.7. The summed E-state index contributed by atoms with van der Waals surface area (Å²) < 4.78 is 24.4. The molecule has 4 aliphatic carbocycles. The van der Waals surface area contributed by atoms with Crippen molar-refractivity contribution >= 4 is 11.8 Å². The summed E-state index contributed by atoms with van der Waals surface area (Å²) in [6, 6.07) is 0. The van der Waals surface area contributed by atoms with Crippen LogP contribution < -0.4 is 0 Å². The van der Waals surface area contributed by atoms with E-state index in [1.807, 2.05) is 0 Å². The van der Waals surface area contributed by atoms with Gasteiger partial charge < -0.3 is 39.4 Å². The molecule has 10 nitrogen and oxygen atoms in total. The smallest absolute Gasteiger partial charge is 0.303 e. The number of hydrogen-bond donors (Lipinski definition) is 4. The topological polar surface area (TPSA) is 152 Å². The average Bonchev–Trinajstić information content (AvgIpc) is 3.15. The zero-order chi connectivity index (χ0) is 34.5. The van der Waals surface area contributed by atoms with Crippen molar-refractivity contribution in [3.8, 4) is 0 Å². The van der Waals surface area contributed by atoms with Gasteiger partial charge in [0.15, 0.2) is 18.2 Å². The molecule has 2 bridgehead atoms. The molecule has 1 spiro atoms. The maximum absolute atomic E-state index is 14.9. The van der Waals surface area contributed by atoms with Crippen molar-refractivity contribution in [3.63, 3.8) is 0 Å². The summed E-state index contributed by atoms with van der Waals surface area (Å²) in [7, 11) is 0. The summed E-state index contributed by atoms with van der Waals surface area (Å²) >= 11 is 0. The Labute approximate surface area is 280 Å². The Balaban J connectivity index is 1.25. The van der Waals surface area contributed by atoms with Gasteiger partial charge in [-0.25, -0.2) is 0 Å². The number of rotatable bonds is 5. The van der Waals surface area contributed by atoms with Crippen LogP contribution in [0.1, 0.15) is 113 Å². The summed E-state index contributed by atoms with van der Waals surface area (Å²) in [5.74, 6) is 0.493. The largest absolute Gasteiger partial charge is 0.457 e. The van der Waals surface area contributed by atoms with Gasteiger partial charge >= 0.3 is 5.97 Å². The van der Waals surface area contributed by atoms with Gasteiger partial charge in [-0.3, -0.25) is 9.59 Å². The number of esters is 1. The molecule has 268 valence electrons. The Morgan fingerprint density at radius 1 is 1.02 bits per heavy atom. The monoisotopic (exact) mass is 664 g/mol. The van der Waals surface area contributed by atoms with Gasteiger partial charge in [-0.1, -0.05) is 41.0 Å². The van der Waals surface area contributed by atoms with Crippen molar-refractivity contribution < 1.29 is 49.0 Å². The van der Waals surface area contributed by atoms with Gasteiger partial charge in [0.05, 0.1) is 24.4 Å². The van der Waals surface area contributed by atoms with Crippen LogP contribution in [-0.2, 0) is 28.5 Å². The first-order chi connectivity index (χ1) is 21.8. The summed E-state index contributed by atoms with van der Waals surface area (Å²) in [5.41, 5.74) is -2.27. The molecule has 6 aliphatic rings. The molecular formula is C37H60O10. The van der Waals surface area contributed by atoms with Crippen molar-refractivity contribution in [2.45, 2.75) is 168 Å². The second-order valence-corrected chi connectivity index (χ2v) is 18.0. The molecule has 2 heterocycles. The maximum atomic E-state index is 14.9. The maximum Gasteiger partial charge on any atom is 0.303 e. The molecule has 15 atom stereocenters. The Kier molecular flexibility index (Phi) is 9.10. The van der Waals surface area contributed by atoms with Crippen molar-refractivity contribution in [3.05, 3.63) is 0 Å². The van der Waals surface area contributed by atoms with Crippen molar-refractivity contribution in [2.24, 2.45) is 45.3 Å². The number of fused-ring (bicyclic) bond motifs is 5. The minimum Gasteiger partial charge on any atom is -0.457 e. The summed E-state index contributed by atoms with van der Waals surface area (Å²) in [6.45, 7) is 15.8. The Morgan fingerprint density at radius 2 is 1.72 bits per heavy atom. The lowest BCUT2D eigenvalue weighted by atomic mass is 9.41. The molecule has 15 unspecified atom stereocenters. The van der Waals surface area contributed by atoms with E-state index in [1.165, 1.54) is 6.92 Å². The molecule has 10 heteroatoms. The molecule has 6 fully saturated rings. The highest BCUT2D eigenvalue weighted by molar-refractivity contribution is 5.93. The molecule has 2 saturated heterocycles. The van der Waals surface area contributed by atoms with Crippen LogP contribution >= 0.6 is 0 Å². The third kappa shape index (κ3) is 5.46. The molecule has 0 aromatic carbocycles. The van der Waals surface area contributed by atoms with E-state index in [0.29, 0.717) is 12.3 Å². The normalized spacial score (nSPS) is 50.3. The van der Waals surface area contributed by atoms with E-state index in [4.69, 9.17) is 18.9 Å². The number of aliphatic hydroxyl groups excluding tert-OH is 3. The molecule has 4 N–H and O–H groups in total. The third-order valence-electron chi connectivity index (χ3n) is 14.7. The Bertz CT molecular complexity index is 1210. The minimum absolute atomic E-state index is 0.0548. The first-order valence-electron chi connectivity index (χ1n) is 18.2. The first kappa shape index (κ1) is 35.7. The highest BCUT2D eigenvalue weighted by Gasteiger charge is 2.72. The van der Waals surface area contributed by atoms with Gasteiger partial charge in [0, 0.05) is 18.3 Å². The number of ether oxygens (including phenoxy) is 4. The van der Waals surface area contributed by atoms with E-state index >= 15 is 0 Å². The van der Waals surface area contributed by atoms with Crippen molar-refractivity contribution in [2.75, 3.05) is 6.61 Å². The lowest BCUT2D eigenvalue weighted by Gasteiger charge is -2.63. The number of Topliss-reactive ketones (excluding diaryl/α,β-unsaturated/α-hetero) is 1. The molecule has 6 rings (SSSR count). The minimum atomic E-state index is -1.32. The molecule has 2 aliphatic heterocycles. The van der Waals surface area contributed by atoms with Crippen LogP contribution in [0.25, 0.3) is 0 Å². The summed E-state index contributed by atoms with van der Waals surface area (Å²) in [6.07, 6.45) is 1.41. The van der Waals surface area contributed by atoms with Gasteiger partial charge in [-0.2, -0.15) is 0 Å². The van der Waals surface area contributed by atoms with E-state index in [1.54, 1.807) is 13.8 Å². The van der Waals surface area contributed by atoms with Gasteiger partial charge in [0.25, 0.3) is 0 Å². The molecule has 0 amide bonds. The predicted octanol–water partition coefficient (Wildman–Crippen LogP) is 3.92. The van der Waals surface area contributed by atoms with E-state index in [9.17, 15) is 30.0 Å². The van der Waals surface area contributed by atoms with Gasteiger partial charge in [0.2, 0.25) is 0 Å². The quantitative estimate of drug-likeness (QED) is 0.251. The lowest BCUT2D eigenvalue weighted by Crippen LogP contribution is -2.60. The van der Waals surface area contributed by atoms with Crippen LogP contribution in [0.15, 0.2) is 0 Å². The fraction of sp³-hybridized carbons (Fsp3) is 0.946. The van der Waals surface area contributed by atoms with Crippen LogP contribution in [0.2, 0.25) is 0 Å². The SMILES string of the molecule is CC(=O)OC(C1CC(C)C2C(O1)C(=O)C1(C)C3CCC4C(CCCC21C)(CCC(OC1OCC(O)C(O)C1O)C4(C)C)C3)C(C)(C)O. The summed E-state index contributed by atoms with van der Waals surface area (Å²) in [5, 5.41) is 41.8. The van der Waals surface area contributed by atoms with Crippen LogP contribution in [-0.4, -0.2) is 93.4 Å². The van der Waals surface area contributed by atoms with E-state index < -0.39 is 59.9 Å². The van der Waals surface area contributed by atoms with Crippen LogP contribution in [0.3, 0.4) is 0 Å². The molecular weight excluding hydrogens is 604 g/mol. The van der Waals surface area contributed by atoms with E-state index in [-0.39, 0.29) is 52.5 Å². The molecule has 4 saturated carbocycles. The van der Waals surface area contributed by atoms with E-state index in [2.05, 4.69) is 34.6 Å². The fourth-order valence-corrected chi connectivity index (χ4v) is 12.3. The van der Waals surface area contributed by atoms with Gasteiger partial charge in [-0.05, 0) is 99.2 Å². The van der Waals surface area contributed by atoms with Crippen molar-refractivity contribution in [1.29, 1.82) is 0 Å². The molecule has 0 aromatic heterocycles. The van der Waals surface area contributed by atoms with Crippen molar-refractivity contribution in [1.82, 2.24) is 0 Å². The van der Waals surface area contributed by atoms with Gasteiger partial charge in [0.1, 0.15) is 24.4 Å². The number of carbonyl (C=O) groups excluding carboxylic acids is 2. The third-order valence-corrected chi connectivity index (χ3v) is 14.7. The molecule has 0 aromatic rings. The lowest BCUT2D eigenvalue weighted by molar-refractivity contribution is -0.305. The number of carbonyl (C=O) groups is 2. The Hall–Kier alpha value is -1.14. The highest BCUT2D eigenvalue weighted by atomic mass is 16.7. The predicted molar refractivity (Wildman–Crippen MR) is 172 cm³/mol. The second kappa shape index (κ2) is 12.0. The Morgan fingerprint density at radius 3 is 2.38 bits per heavy atom. The number of ketones is 1. The molecule has 0 radical (unpaired) electrons. The fourth-order valence-electron chi connectivity index (χ4n) is 12.3. The summed E-state index contributed by atoms with van der Waals surface area (Å²) in [4.78, 5) is 26.9. The number of hydrogen-bond acceptors (Lipinski definition) is 10. The van der Waals surface area contributed by atoms with E-state index in [0.717, 1.165) is 51.4 Å². The first-order valence-corrected chi connectivity index (χ1v) is 18.2. The highest BCUT2D eigenvalue weighted by Crippen LogP contribution is 2.72. The van der Waals surface area contributed by atoms with Crippen LogP contribution in [0.4, 0.5) is 0 Å². The standard InChI is InChI=1S/C37H60O10/c1-19-16-23(31(34(5,6)43)45-20(2)38)46-29-26(19)35(7)13-9-14-37-15-12-25(47-32-28(41)27(40)22(39)18-44-32)33(3,4)24(37)11-10-21(17-37)36(35,8)30(29)42/h19,21-29,31-32,39-41,43H,9-18H2,1-8H3. The molecule has 47 heavy (non-hydrogen) atoms. The van der Waals surface area contributed by atoms with Crippen LogP contribution in [0.5, 0.6) is 0 Å². The second-order valence-electron chi connectivity index (χ2n) is 18.0. The zero-order valence-corrected chi connectivity index (χ0v) is 29.7. The van der Waals surface area contributed by atoms with Gasteiger partial charge in [-0.15, -0.1) is 0 Å².